The highest BCUT2D eigenvalue weighted by Gasteiger charge is 2.29. The molecule has 1 aliphatic rings. The van der Waals surface area contributed by atoms with Crippen molar-refractivity contribution in [2.45, 2.75) is 56.5 Å². The molecule has 26 heavy (non-hydrogen) atoms. The molecular weight excluding hydrogens is 362 g/mol. The maximum absolute atomic E-state index is 12.7. The summed E-state index contributed by atoms with van der Waals surface area (Å²) in [4.78, 5) is 22.3. The van der Waals surface area contributed by atoms with Crippen molar-refractivity contribution in [2.24, 2.45) is 5.73 Å². The van der Waals surface area contributed by atoms with Gasteiger partial charge in [0, 0.05) is 23.7 Å². The number of nitro groups is 1. The van der Waals surface area contributed by atoms with Crippen molar-refractivity contribution < 1.29 is 22.9 Å². The molecule has 144 valence electrons. The molecule has 1 aromatic carbocycles. The van der Waals surface area contributed by atoms with E-state index in [0.717, 1.165) is 12.1 Å². The number of carbonyl (C=O) groups excluding carboxylic acids is 1. The van der Waals surface area contributed by atoms with Crippen LogP contribution in [0.1, 0.15) is 48.5 Å². The fraction of sp³-hybridized carbons (Fsp3) is 0.562. The first kappa shape index (κ1) is 20.3. The van der Waals surface area contributed by atoms with Gasteiger partial charge in [-0.15, -0.1) is 0 Å². The van der Waals surface area contributed by atoms with E-state index in [-0.39, 0.29) is 34.7 Å². The third kappa shape index (κ3) is 4.57. The molecule has 0 aromatic heterocycles. The second-order valence-corrected chi connectivity index (χ2v) is 8.04. The maximum atomic E-state index is 12.7. The molecule has 10 heteroatoms. The summed E-state index contributed by atoms with van der Waals surface area (Å²) < 4.78 is 32.8. The van der Waals surface area contributed by atoms with Gasteiger partial charge >= 0.3 is 5.97 Å². The van der Waals surface area contributed by atoms with Crippen molar-refractivity contribution in [1.82, 2.24) is 4.72 Å². The van der Waals surface area contributed by atoms with Crippen LogP contribution in [0.4, 0.5) is 5.69 Å². The van der Waals surface area contributed by atoms with Crippen LogP contribution in [-0.2, 0) is 14.8 Å². The second kappa shape index (κ2) is 8.11. The van der Waals surface area contributed by atoms with Crippen LogP contribution in [0.25, 0.3) is 0 Å². The zero-order chi connectivity index (χ0) is 19.5. The van der Waals surface area contributed by atoms with E-state index in [4.69, 9.17) is 10.5 Å². The van der Waals surface area contributed by atoms with Gasteiger partial charge in [-0.1, -0.05) is 0 Å². The van der Waals surface area contributed by atoms with E-state index in [0.29, 0.717) is 25.7 Å². The molecule has 1 aromatic rings. The molecule has 0 atom stereocenters. The van der Waals surface area contributed by atoms with Gasteiger partial charge in [0.15, 0.2) is 0 Å². The molecule has 0 spiro atoms. The van der Waals surface area contributed by atoms with Crippen LogP contribution in [-0.4, -0.2) is 38.0 Å². The quantitative estimate of drug-likeness (QED) is 0.430. The first-order valence-corrected chi connectivity index (χ1v) is 9.88. The number of hydrogen-bond acceptors (Lipinski definition) is 7. The minimum Gasteiger partial charge on any atom is -0.462 e. The Balaban J connectivity index is 2.40. The van der Waals surface area contributed by atoms with Crippen LogP contribution in [0.2, 0.25) is 0 Å². The topological polar surface area (TPSA) is 142 Å². The Bertz CT molecular complexity index is 800. The van der Waals surface area contributed by atoms with E-state index < -0.39 is 26.6 Å². The number of hydrogen-bond donors (Lipinski definition) is 2. The molecular formula is C16H23N3O6S. The fourth-order valence-corrected chi connectivity index (χ4v) is 4.31. The molecule has 1 fully saturated rings. The van der Waals surface area contributed by atoms with Gasteiger partial charge in [-0.3, -0.25) is 10.1 Å². The minimum absolute atomic E-state index is 0.0617. The number of sulfonamides is 1. The van der Waals surface area contributed by atoms with Crippen molar-refractivity contribution in [3.63, 3.8) is 0 Å². The third-order valence-electron chi connectivity index (χ3n) is 4.45. The lowest BCUT2D eigenvalue weighted by atomic mass is 9.93. The summed E-state index contributed by atoms with van der Waals surface area (Å²) in [5, 5.41) is 11.3. The number of rotatable bonds is 6. The standard InChI is InChI=1S/C16H23N3O6S/c1-3-25-16(20)14-8-13(9-15(10(14)2)19(21)22)26(23,24)18-12-6-4-11(17)5-7-12/h8-9,11-12,18H,3-7,17H2,1-2H3. The summed E-state index contributed by atoms with van der Waals surface area (Å²) in [6, 6.07) is 1.87. The van der Waals surface area contributed by atoms with Gasteiger partial charge in [-0.2, -0.15) is 0 Å². The van der Waals surface area contributed by atoms with E-state index in [1.54, 1.807) is 6.92 Å². The number of nitro benzene ring substituents is 1. The van der Waals surface area contributed by atoms with Crippen molar-refractivity contribution in [3.05, 3.63) is 33.4 Å². The van der Waals surface area contributed by atoms with Crippen molar-refractivity contribution in [3.8, 4) is 0 Å². The average Bonchev–Trinajstić information content (AvgIpc) is 2.56. The van der Waals surface area contributed by atoms with E-state index in [1.807, 2.05) is 0 Å². The molecule has 0 heterocycles. The molecule has 1 aliphatic carbocycles. The van der Waals surface area contributed by atoms with E-state index in [9.17, 15) is 23.3 Å². The van der Waals surface area contributed by atoms with E-state index in [2.05, 4.69) is 4.72 Å². The molecule has 3 N–H and O–H groups in total. The fourth-order valence-electron chi connectivity index (χ4n) is 2.96. The second-order valence-electron chi connectivity index (χ2n) is 6.33. The normalized spacial score (nSPS) is 20.6. The third-order valence-corrected chi connectivity index (χ3v) is 5.95. The molecule has 0 radical (unpaired) electrons. The highest BCUT2D eigenvalue weighted by Crippen LogP contribution is 2.28. The zero-order valence-corrected chi connectivity index (χ0v) is 15.5. The first-order valence-electron chi connectivity index (χ1n) is 8.39. The molecule has 1 saturated carbocycles. The van der Waals surface area contributed by atoms with E-state index in [1.165, 1.54) is 6.92 Å². The largest absolute Gasteiger partial charge is 0.462 e. The van der Waals surface area contributed by atoms with Crippen molar-refractivity contribution in [2.75, 3.05) is 6.61 Å². The first-order chi connectivity index (χ1) is 12.2. The van der Waals surface area contributed by atoms with Crippen molar-refractivity contribution >= 4 is 21.7 Å². The van der Waals surface area contributed by atoms with Gasteiger partial charge in [0.1, 0.15) is 0 Å². The Morgan fingerprint density at radius 2 is 1.96 bits per heavy atom. The number of nitrogens with two attached hydrogens (primary N) is 1. The maximum Gasteiger partial charge on any atom is 0.338 e. The monoisotopic (exact) mass is 385 g/mol. The lowest BCUT2D eigenvalue weighted by Crippen LogP contribution is -2.40. The predicted octanol–water partition coefficient (Wildman–Crippen LogP) is 1.63. The molecule has 0 bridgehead atoms. The lowest BCUT2D eigenvalue weighted by molar-refractivity contribution is -0.385. The number of nitrogens with one attached hydrogen (secondary N) is 1. The van der Waals surface area contributed by atoms with Crippen LogP contribution in [0.15, 0.2) is 17.0 Å². The molecule has 0 aliphatic heterocycles. The van der Waals surface area contributed by atoms with Gasteiger partial charge in [-0.25, -0.2) is 17.9 Å². The average molecular weight is 385 g/mol. The summed E-state index contributed by atoms with van der Waals surface area (Å²) in [6.07, 6.45) is 2.60. The van der Waals surface area contributed by atoms with Crippen LogP contribution in [0.3, 0.4) is 0 Å². The summed E-state index contributed by atoms with van der Waals surface area (Å²) >= 11 is 0. The Morgan fingerprint density at radius 1 is 1.35 bits per heavy atom. The molecule has 9 nitrogen and oxygen atoms in total. The number of esters is 1. The molecule has 0 unspecified atom stereocenters. The number of nitrogens with zero attached hydrogens (tertiary/aromatic N) is 1. The van der Waals surface area contributed by atoms with Crippen LogP contribution >= 0.6 is 0 Å². The number of benzene rings is 1. The van der Waals surface area contributed by atoms with Crippen LogP contribution in [0.5, 0.6) is 0 Å². The van der Waals surface area contributed by atoms with E-state index >= 15 is 0 Å². The summed E-state index contributed by atoms with van der Waals surface area (Å²) in [5.74, 6) is -0.797. The van der Waals surface area contributed by atoms with Crippen molar-refractivity contribution in [1.29, 1.82) is 0 Å². The smallest absolute Gasteiger partial charge is 0.338 e. The Morgan fingerprint density at radius 3 is 2.50 bits per heavy atom. The molecule has 2 rings (SSSR count). The molecule has 0 amide bonds. The number of ether oxygens (including phenoxy) is 1. The number of carbonyl (C=O) groups is 1. The highest BCUT2D eigenvalue weighted by molar-refractivity contribution is 7.89. The minimum atomic E-state index is -4.02. The van der Waals surface area contributed by atoms with Crippen LogP contribution < -0.4 is 10.5 Å². The van der Waals surface area contributed by atoms with Gasteiger partial charge in [0.2, 0.25) is 10.0 Å². The van der Waals surface area contributed by atoms with Gasteiger partial charge in [0.25, 0.3) is 5.69 Å². The Hall–Kier alpha value is -2.04. The molecule has 0 saturated heterocycles. The lowest BCUT2D eigenvalue weighted by Gasteiger charge is -2.26. The Kier molecular flexibility index (Phi) is 6.32. The Labute approximate surface area is 152 Å². The zero-order valence-electron chi connectivity index (χ0n) is 14.7. The summed E-state index contributed by atoms with van der Waals surface area (Å²) in [6.45, 7) is 3.05. The van der Waals surface area contributed by atoms with Gasteiger partial charge in [0.05, 0.1) is 22.0 Å². The van der Waals surface area contributed by atoms with Gasteiger partial charge < -0.3 is 10.5 Å². The highest BCUT2D eigenvalue weighted by atomic mass is 32.2. The predicted molar refractivity (Wildman–Crippen MR) is 94.3 cm³/mol. The SMILES string of the molecule is CCOC(=O)c1cc(S(=O)(=O)NC2CCC(N)CC2)cc([N+](=O)[O-])c1C. The summed E-state index contributed by atoms with van der Waals surface area (Å²) in [7, 11) is -4.02. The van der Waals surface area contributed by atoms with Gasteiger partial charge in [-0.05, 0) is 45.6 Å². The van der Waals surface area contributed by atoms with Crippen LogP contribution in [0, 0.1) is 17.0 Å². The summed E-state index contributed by atoms with van der Waals surface area (Å²) in [5.41, 5.74) is 5.31.